The molecule has 1 atom stereocenters. The molecule has 6 nitrogen and oxygen atoms in total. The first-order chi connectivity index (χ1) is 17.5. The Morgan fingerprint density at radius 1 is 0.676 bits per heavy atom. The Bertz CT molecular complexity index is 596. The highest BCUT2D eigenvalue weighted by Crippen LogP contribution is 2.36. The number of rotatable bonds is 21. The van der Waals surface area contributed by atoms with Crippen LogP contribution in [0.15, 0.2) is 0 Å². The van der Waals surface area contributed by atoms with Gasteiger partial charge in [0.2, 0.25) is 0 Å². The second kappa shape index (κ2) is 18.7. The van der Waals surface area contributed by atoms with Gasteiger partial charge >= 0.3 is 12.2 Å². The van der Waals surface area contributed by atoms with Crippen LogP contribution in [-0.2, 0) is 9.47 Å². The summed E-state index contributed by atoms with van der Waals surface area (Å²) in [6.07, 6.45) is 12.2. The number of hydrogen-bond acceptors (Lipinski definition) is 4. The van der Waals surface area contributed by atoms with E-state index in [1.807, 2.05) is 0 Å². The summed E-state index contributed by atoms with van der Waals surface area (Å²) in [7, 11) is 0. The summed E-state index contributed by atoms with van der Waals surface area (Å²) in [4.78, 5) is 24.2. The van der Waals surface area contributed by atoms with Gasteiger partial charge in [-0.3, -0.25) is 0 Å². The Hall–Kier alpha value is -1.46. The molecule has 37 heavy (non-hydrogen) atoms. The minimum Gasteiger partial charge on any atom is -0.450 e. The molecule has 0 aliphatic heterocycles. The van der Waals surface area contributed by atoms with Crippen molar-refractivity contribution in [1.82, 2.24) is 10.6 Å². The number of carbonyl (C=O) groups excluding carboxylic acids is 2. The summed E-state index contributed by atoms with van der Waals surface area (Å²) in [5, 5.41) is 5.82. The fraction of sp³-hybridized carbons (Fsp3) is 0.935. The molecule has 2 N–H and O–H groups in total. The molecule has 0 fully saturated rings. The Labute approximate surface area is 229 Å². The van der Waals surface area contributed by atoms with E-state index in [1.54, 1.807) is 0 Å². The van der Waals surface area contributed by atoms with Crippen molar-refractivity contribution in [3.05, 3.63) is 0 Å². The zero-order chi connectivity index (χ0) is 28.4. The van der Waals surface area contributed by atoms with Crippen molar-refractivity contribution in [3.63, 3.8) is 0 Å². The van der Waals surface area contributed by atoms with Crippen LogP contribution in [-0.4, -0.2) is 38.5 Å². The van der Waals surface area contributed by atoms with Crippen LogP contribution in [0.1, 0.15) is 139 Å². The van der Waals surface area contributed by atoms with E-state index in [4.69, 9.17) is 9.47 Å². The first kappa shape index (κ1) is 35.5. The monoisotopic (exact) mass is 526 g/mol. The number of hydrogen-bond donors (Lipinski definition) is 2. The van der Waals surface area contributed by atoms with E-state index < -0.39 is 0 Å². The van der Waals surface area contributed by atoms with Crippen molar-refractivity contribution in [2.24, 2.45) is 22.2 Å². The predicted molar refractivity (Wildman–Crippen MR) is 156 cm³/mol. The number of carbonyl (C=O) groups is 2. The van der Waals surface area contributed by atoms with Crippen LogP contribution in [0.5, 0.6) is 0 Å². The molecular formula is C31H62N2O4. The van der Waals surface area contributed by atoms with Crippen LogP contribution in [0.4, 0.5) is 9.59 Å². The van der Waals surface area contributed by atoms with Gasteiger partial charge in [-0.05, 0) is 60.7 Å². The molecule has 2 amide bonds. The van der Waals surface area contributed by atoms with Crippen molar-refractivity contribution >= 4 is 12.2 Å². The van der Waals surface area contributed by atoms with Crippen LogP contribution >= 0.6 is 0 Å². The first-order valence-corrected chi connectivity index (χ1v) is 15.3. The molecule has 0 aromatic heterocycles. The van der Waals surface area contributed by atoms with Crippen molar-refractivity contribution in [1.29, 1.82) is 0 Å². The number of ether oxygens (including phenoxy) is 2. The third-order valence-corrected chi connectivity index (χ3v) is 9.24. The maximum atomic E-state index is 12.1. The lowest BCUT2D eigenvalue weighted by atomic mass is 9.76. The lowest BCUT2D eigenvalue weighted by molar-refractivity contribution is 0.127. The summed E-state index contributed by atoms with van der Waals surface area (Å²) >= 11 is 0. The molecule has 1 unspecified atom stereocenters. The molecule has 0 saturated carbocycles. The average Bonchev–Trinajstić information content (AvgIpc) is 2.88. The van der Waals surface area contributed by atoms with Gasteiger partial charge in [-0.15, -0.1) is 0 Å². The smallest absolute Gasteiger partial charge is 0.407 e. The average molecular weight is 527 g/mol. The molecule has 0 heterocycles. The van der Waals surface area contributed by atoms with Crippen molar-refractivity contribution in [2.45, 2.75) is 139 Å². The lowest BCUT2D eigenvalue weighted by Gasteiger charge is -2.30. The molecule has 0 radical (unpaired) electrons. The van der Waals surface area contributed by atoms with Gasteiger partial charge in [0.05, 0.1) is 13.2 Å². The summed E-state index contributed by atoms with van der Waals surface area (Å²) in [5.74, 6) is 0.318. The molecule has 0 spiro atoms. The predicted octanol–water partition coefficient (Wildman–Crippen LogP) is 8.87. The van der Waals surface area contributed by atoms with Crippen molar-refractivity contribution in [3.8, 4) is 0 Å². The molecule has 0 rings (SSSR count). The molecule has 0 aromatic rings. The largest absolute Gasteiger partial charge is 0.450 e. The van der Waals surface area contributed by atoms with Gasteiger partial charge in [-0.2, -0.15) is 0 Å². The quantitative estimate of drug-likeness (QED) is 0.146. The number of nitrogens with one attached hydrogen (secondary N) is 2. The molecule has 0 bridgehead atoms. The maximum absolute atomic E-state index is 12.1. The third kappa shape index (κ3) is 14.9. The van der Waals surface area contributed by atoms with Crippen LogP contribution in [0.25, 0.3) is 0 Å². The molecule has 0 aliphatic carbocycles. The van der Waals surface area contributed by atoms with Gasteiger partial charge in [0.1, 0.15) is 0 Å². The Morgan fingerprint density at radius 2 is 1.08 bits per heavy atom. The number of amides is 2. The summed E-state index contributed by atoms with van der Waals surface area (Å²) in [6.45, 7) is 22.2. The van der Waals surface area contributed by atoms with Crippen LogP contribution in [0.3, 0.4) is 0 Å². The molecule has 0 saturated heterocycles. The van der Waals surface area contributed by atoms with Gasteiger partial charge in [0, 0.05) is 13.1 Å². The minimum atomic E-state index is -0.322. The van der Waals surface area contributed by atoms with E-state index in [2.05, 4.69) is 72.9 Å². The maximum Gasteiger partial charge on any atom is 0.407 e. The fourth-order valence-electron chi connectivity index (χ4n) is 5.76. The van der Waals surface area contributed by atoms with E-state index >= 15 is 0 Å². The molecular weight excluding hydrogens is 464 g/mol. The van der Waals surface area contributed by atoms with E-state index in [0.29, 0.717) is 43.1 Å². The SMILES string of the molecule is CCC(CC)(CC)CCCOC(=O)NCCC(C)(C)CC(C)CNC(=O)OCCCC(CC)(CC)CC. The highest BCUT2D eigenvalue weighted by molar-refractivity contribution is 5.67. The Morgan fingerprint density at radius 3 is 1.49 bits per heavy atom. The molecule has 0 aliphatic rings. The second-order valence-electron chi connectivity index (χ2n) is 12.1. The van der Waals surface area contributed by atoms with Gasteiger partial charge in [0.25, 0.3) is 0 Å². The van der Waals surface area contributed by atoms with Crippen LogP contribution in [0.2, 0.25) is 0 Å². The second-order valence-corrected chi connectivity index (χ2v) is 12.1. The molecule has 220 valence electrons. The zero-order valence-electron chi connectivity index (χ0n) is 26.0. The van der Waals surface area contributed by atoms with Gasteiger partial charge in [-0.1, -0.05) is 101 Å². The molecule has 0 aromatic carbocycles. The van der Waals surface area contributed by atoms with Crippen LogP contribution < -0.4 is 10.6 Å². The van der Waals surface area contributed by atoms with E-state index in [9.17, 15) is 9.59 Å². The summed E-state index contributed by atoms with van der Waals surface area (Å²) < 4.78 is 10.8. The van der Waals surface area contributed by atoms with Crippen LogP contribution in [0, 0.1) is 22.2 Å². The highest BCUT2D eigenvalue weighted by atomic mass is 16.6. The van der Waals surface area contributed by atoms with E-state index in [1.165, 1.54) is 38.5 Å². The summed E-state index contributed by atoms with van der Waals surface area (Å²) in [6, 6.07) is 0. The van der Waals surface area contributed by atoms with E-state index in [0.717, 1.165) is 38.5 Å². The van der Waals surface area contributed by atoms with Gasteiger partial charge in [0.15, 0.2) is 0 Å². The Kier molecular flexibility index (Phi) is 18.0. The highest BCUT2D eigenvalue weighted by Gasteiger charge is 2.25. The van der Waals surface area contributed by atoms with Crippen molar-refractivity contribution < 1.29 is 19.1 Å². The first-order valence-electron chi connectivity index (χ1n) is 15.3. The third-order valence-electron chi connectivity index (χ3n) is 9.24. The lowest BCUT2D eigenvalue weighted by Crippen LogP contribution is -2.33. The minimum absolute atomic E-state index is 0.0467. The topological polar surface area (TPSA) is 76.7 Å². The molecule has 6 heteroatoms. The van der Waals surface area contributed by atoms with Gasteiger partial charge in [-0.25, -0.2) is 9.59 Å². The summed E-state index contributed by atoms with van der Waals surface area (Å²) in [5.41, 5.74) is 0.818. The zero-order valence-corrected chi connectivity index (χ0v) is 26.0. The van der Waals surface area contributed by atoms with Gasteiger partial charge < -0.3 is 20.1 Å². The fourth-order valence-corrected chi connectivity index (χ4v) is 5.76. The number of alkyl carbamates (subject to hydrolysis) is 2. The Balaban J connectivity index is 4.10. The standard InChI is InChI=1S/C31H62N2O4/c1-10-30(11-2,12-3)18-16-22-36-27(34)32-21-20-29(8,9)24-26(7)25-33-28(35)37-23-17-19-31(13-4,14-5)15-6/h26H,10-25H2,1-9H3,(H,32,34)(H,33,35). The normalized spacial score (nSPS) is 13.2. The van der Waals surface area contributed by atoms with Crippen molar-refractivity contribution in [2.75, 3.05) is 26.3 Å². The van der Waals surface area contributed by atoms with E-state index in [-0.39, 0.29) is 17.6 Å².